The van der Waals surface area contributed by atoms with Crippen molar-refractivity contribution in [1.82, 2.24) is 0 Å². The zero-order valence-electron chi connectivity index (χ0n) is 69.0. The second-order valence-corrected chi connectivity index (χ2v) is 32.1. The van der Waals surface area contributed by atoms with Crippen molar-refractivity contribution >= 4 is 0 Å². The average Bonchev–Trinajstić information content (AvgIpc) is 0.765. The van der Waals surface area contributed by atoms with E-state index in [-0.39, 0.29) is 112 Å². The minimum absolute atomic E-state index is 0.0409. The molecule has 3 N–H and O–H groups in total. The van der Waals surface area contributed by atoms with Gasteiger partial charge in [0.1, 0.15) is 79.4 Å². The molecule has 4 aliphatic rings. The fraction of sp³-hybridized carbons (Fsp3) is 0.365. The molecule has 0 aliphatic carbocycles. The standard InChI is InChI=1S/C104H114O18/c105-94-87(120-91(71-108-60-74-34-12-1-13-35-74)99(113-65-79-44-22-6-23-45-79)102(94)116-68-82-50-28-9-29-51-82)57-56-86-85(58-88-95(106)103(117-69-83-52-30-10-31-53-83)100(114-66-80-46-24-7-25-47-80)92(121-88)72-109-61-75-36-14-2-15-37-75)97(111-63-77-40-18-4-19-41-77)98(112-64-78-42-20-5-21-43-78)90(119-86)59-89-96(107)104(118-70-84-54-32-11-33-55-84)101(115-67-81-48-26-8-27-49-81)93(122-89)73-110-62-76-38-16-3-17-39-76/h1-55,85-107H,56-73H2/t85-,86?,87-,88-,89-,90+,91?,92?,93?,94?,95?,96?,97?,98?,99+,100+,101+,102?,103?,104?/m0/s1. The van der Waals surface area contributed by atoms with Crippen LogP contribution >= 0.6 is 0 Å². The topological polar surface area (TPSA) is 199 Å². The molecule has 0 radical (unpaired) electrons. The zero-order valence-corrected chi connectivity index (χ0v) is 69.0. The van der Waals surface area contributed by atoms with Crippen LogP contribution in [-0.2, 0) is 144 Å². The van der Waals surface area contributed by atoms with Crippen LogP contribution in [0.25, 0.3) is 0 Å². The van der Waals surface area contributed by atoms with E-state index >= 15 is 0 Å². The monoisotopic (exact) mass is 1650 g/mol. The largest absolute Gasteiger partial charge is 0.388 e. The van der Waals surface area contributed by atoms with Gasteiger partial charge in [-0.2, -0.15) is 0 Å². The van der Waals surface area contributed by atoms with Crippen LogP contribution in [-0.4, -0.2) is 151 Å². The van der Waals surface area contributed by atoms with Gasteiger partial charge in [-0.1, -0.05) is 334 Å². The summed E-state index contributed by atoms with van der Waals surface area (Å²) in [6, 6.07) is 110. The fourth-order valence-corrected chi connectivity index (χ4v) is 17.0. The van der Waals surface area contributed by atoms with Crippen LogP contribution in [0.5, 0.6) is 0 Å². The predicted octanol–water partition coefficient (Wildman–Crippen LogP) is 16.6. The third-order valence-electron chi connectivity index (χ3n) is 23.4. The molecule has 0 spiro atoms. The van der Waals surface area contributed by atoms with Gasteiger partial charge in [-0.15, -0.1) is 0 Å². The first kappa shape index (κ1) is 87.6. The molecule has 20 atom stereocenters. The number of hydrogen-bond donors (Lipinski definition) is 3. The van der Waals surface area contributed by atoms with E-state index in [0.29, 0.717) is 6.61 Å². The predicted molar refractivity (Wildman–Crippen MR) is 463 cm³/mol. The minimum Gasteiger partial charge on any atom is -0.388 e. The van der Waals surface area contributed by atoms with Gasteiger partial charge in [-0.05, 0) is 80.5 Å². The molecule has 4 aliphatic heterocycles. The molecule has 0 aromatic heterocycles. The van der Waals surface area contributed by atoms with E-state index < -0.39 is 122 Å². The Kier molecular flexibility index (Phi) is 33.3. The molecule has 4 fully saturated rings. The molecule has 15 rings (SSSR count). The molecule has 18 nitrogen and oxygen atoms in total. The lowest BCUT2D eigenvalue weighted by Gasteiger charge is -2.52. The van der Waals surface area contributed by atoms with Crippen molar-refractivity contribution in [2.24, 2.45) is 5.92 Å². The Labute approximate surface area is 717 Å². The first-order valence-electron chi connectivity index (χ1n) is 43.0. The van der Waals surface area contributed by atoms with Crippen molar-refractivity contribution in [1.29, 1.82) is 0 Å². The second-order valence-electron chi connectivity index (χ2n) is 32.1. The number of rotatable bonds is 43. The first-order valence-corrected chi connectivity index (χ1v) is 43.0. The molecule has 18 heteroatoms. The summed E-state index contributed by atoms with van der Waals surface area (Å²) in [5, 5.41) is 40.8. The van der Waals surface area contributed by atoms with E-state index in [9.17, 15) is 15.3 Å². The lowest BCUT2D eigenvalue weighted by molar-refractivity contribution is -0.291. The number of aliphatic hydroxyl groups is 3. The van der Waals surface area contributed by atoms with Crippen LogP contribution in [0.3, 0.4) is 0 Å². The van der Waals surface area contributed by atoms with Crippen LogP contribution in [0.4, 0.5) is 0 Å². The van der Waals surface area contributed by atoms with Gasteiger partial charge in [-0.25, -0.2) is 0 Å². The van der Waals surface area contributed by atoms with E-state index in [1.807, 2.05) is 334 Å². The summed E-state index contributed by atoms with van der Waals surface area (Å²) in [6.07, 6.45) is -17.5. The molecular weight excluding hydrogens is 1540 g/mol. The molecule has 0 saturated carbocycles. The summed E-state index contributed by atoms with van der Waals surface area (Å²) >= 11 is 0. The Morgan fingerprint density at radius 2 is 0.369 bits per heavy atom. The summed E-state index contributed by atoms with van der Waals surface area (Å²) in [7, 11) is 0. The van der Waals surface area contributed by atoms with E-state index in [0.717, 1.165) is 61.2 Å². The van der Waals surface area contributed by atoms with Gasteiger partial charge < -0.3 is 86.4 Å². The van der Waals surface area contributed by atoms with Crippen LogP contribution < -0.4 is 0 Å². The van der Waals surface area contributed by atoms with Gasteiger partial charge in [0.25, 0.3) is 0 Å². The van der Waals surface area contributed by atoms with Gasteiger partial charge in [0.15, 0.2) is 0 Å². The van der Waals surface area contributed by atoms with Crippen LogP contribution in [0.15, 0.2) is 334 Å². The van der Waals surface area contributed by atoms with E-state index in [2.05, 4.69) is 0 Å². The third-order valence-corrected chi connectivity index (χ3v) is 23.4. The third kappa shape index (κ3) is 25.2. The maximum Gasteiger partial charge on any atom is 0.115 e. The number of hydrogen-bond acceptors (Lipinski definition) is 18. The van der Waals surface area contributed by atoms with E-state index in [1.54, 1.807) is 0 Å². The summed E-state index contributed by atoms with van der Waals surface area (Å²) < 4.78 is 108. The molecule has 11 aromatic carbocycles. The van der Waals surface area contributed by atoms with Crippen molar-refractivity contribution in [3.8, 4) is 0 Å². The molecule has 12 unspecified atom stereocenters. The molecule has 638 valence electrons. The van der Waals surface area contributed by atoms with Crippen molar-refractivity contribution in [3.63, 3.8) is 0 Å². The molecule has 4 saturated heterocycles. The summed E-state index contributed by atoms with van der Waals surface area (Å²) in [4.78, 5) is 0. The van der Waals surface area contributed by atoms with Crippen LogP contribution in [0.1, 0.15) is 86.9 Å². The van der Waals surface area contributed by atoms with E-state index in [1.165, 1.54) is 0 Å². The summed E-state index contributed by atoms with van der Waals surface area (Å²) in [5.74, 6) is -0.704. The molecular formula is C104H114O18. The van der Waals surface area contributed by atoms with Gasteiger partial charge in [0, 0.05) is 12.3 Å². The average molecular weight is 1650 g/mol. The van der Waals surface area contributed by atoms with Crippen LogP contribution in [0.2, 0.25) is 0 Å². The van der Waals surface area contributed by atoms with Gasteiger partial charge >= 0.3 is 0 Å². The molecule has 4 heterocycles. The Hall–Kier alpha value is -9.30. The van der Waals surface area contributed by atoms with Crippen LogP contribution in [0, 0.1) is 5.92 Å². The maximum absolute atomic E-state index is 13.7. The Balaban J connectivity index is 0.834. The van der Waals surface area contributed by atoms with Crippen molar-refractivity contribution in [3.05, 3.63) is 395 Å². The quantitative estimate of drug-likeness (QED) is 0.0326. The van der Waals surface area contributed by atoms with Crippen molar-refractivity contribution in [2.75, 3.05) is 19.8 Å². The highest BCUT2D eigenvalue weighted by Gasteiger charge is 2.56. The molecule has 11 aromatic rings. The molecule has 0 amide bonds. The summed E-state index contributed by atoms with van der Waals surface area (Å²) in [5.41, 5.74) is 10.3. The van der Waals surface area contributed by atoms with Crippen molar-refractivity contribution in [2.45, 2.75) is 214 Å². The van der Waals surface area contributed by atoms with Gasteiger partial charge in [0.05, 0.1) is 129 Å². The molecule has 0 bridgehead atoms. The number of aliphatic hydroxyl groups excluding tert-OH is 3. The maximum atomic E-state index is 13.7. The van der Waals surface area contributed by atoms with Crippen molar-refractivity contribution < 1.29 is 86.4 Å². The van der Waals surface area contributed by atoms with Gasteiger partial charge in [-0.3, -0.25) is 0 Å². The zero-order chi connectivity index (χ0) is 83.1. The first-order chi connectivity index (χ1) is 60.2. The Morgan fingerprint density at radius 3 is 0.631 bits per heavy atom. The number of ether oxygens (including phenoxy) is 15. The SMILES string of the molecule is OC1C(OCc2ccccc2)[C@H](OCc2ccccc2)C(COCc2ccccc2)O[C@H]1CCC1O[C@H](C[C@@H]2OC(COCc3ccccc3)[C@@H](OCc3ccccc3)C(OCc3ccccc3)C2O)C(OCc2ccccc2)C(OCc2ccccc2)[C@H]1C[C@@H]1OC(COCc2ccccc2)[C@@H](OCc2ccccc2)C(OCc2ccccc2)C1O. The lowest BCUT2D eigenvalue weighted by atomic mass is 9.77. The fourth-order valence-electron chi connectivity index (χ4n) is 17.0. The Bertz CT molecular complexity index is 4680. The smallest absolute Gasteiger partial charge is 0.115 e. The lowest BCUT2D eigenvalue weighted by Crippen LogP contribution is -2.64. The normalized spacial score (nSPS) is 26.6. The summed E-state index contributed by atoms with van der Waals surface area (Å²) in [6.45, 7) is 2.41. The number of benzene rings is 11. The highest BCUT2D eigenvalue weighted by molar-refractivity contribution is 5.23. The van der Waals surface area contributed by atoms with E-state index in [4.69, 9.17) is 71.1 Å². The highest BCUT2D eigenvalue weighted by Crippen LogP contribution is 2.44. The highest BCUT2D eigenvalue weighted by atomic mass is 16.6. The van der Waals surface area contributed by atoms with Gasteiger partial charge in [0.2, 0.25) is 0 Å². The molecule has 122 heavy (non-hydrogen) atoms. The minimum atomic E-state index is -1.33. The second kappa shape index (κ2) is 46.4. The Morgan fingerprint density at radius 1 is 0.180 bits per heavy atom.